The van der Waals surface area contributed by atoms with Crippen LogP contribution in [0.3, 0.4) is 0 Å². The molecule has 5 aromatic rings. The van der Waals surface area contributed by atoms with Crippen molar-refractivity contribution >= 4 is 63.4 Å². The number of anilines is 3. The van der Waals surface area contributed by atoms with Gasteiger partial charge >= 0.3 is 0 Å². The summed E-state index contributed by atoms with van der Waals surface area (Å²) in [6, 6.07) is 10.7. The second kappa shape index (κ2) is 17.0. The molecule has 3 aromatic carbocycles. The number of rotatable bonds is 14. The number of nitrogens with one attached hydrogen (secondary N) is 2. The molecule has 334 valence electrons. The lowest BCUT2D eigenvalue weighted by molar-refractivity contribution is -0.125. The summed E-state index contributed by atoms with van der Waals surface area (Å²) in [5, 5.41) is 7.68. The van der Waals surface area contributed by atoms with E-state index in [1.807, 2.05) is 31.4 Å². The van der Waals surface area contributed by atoms with E-state index < -0.39 is 17.4 Å². The molecule has 63 heavy (non-hydrogen) atoms. The number of aryl methyl sites for hydroxylation is 1. The SMILES string of the molecule is CCN(C)SNc1ccc(F)c(Oc2ccc3ncn(C4COC5(CCN(C6CC7(C6)CN(c6cc8c(cc6F)c(N(C)CCC(=O)NC=O)nn8C)C7)CC5)C4)c(=O)c3c2)c1F. The molecule has 1 unspecified atom stereocenters. The third-order valence-electron chi connectivity index (χ3n) is 13.5. The van der Waals surface area contributed by atoms with Crippen molar-refractivity contribution in [1.82, 2.24) is 33.9 Å². The molecule has 2 aromatic heterocycles. The third-order valence-corrected chi connectivity index (χ3v) is 14.4. The van der Waals surface area contributed by atoms with Crippen molar-refractivity contribution in [3.8, 4) is 11.5 Å². The van der Waals surface area contributed by atoms with E-state index in [0.29, 0.717) is 61.0 Å². The molecule has 19 heteroatoms. The fourth-order valence-corrected chi connectivity index (χ4v) is 10.3. The van der Waals surface area contributed by atoms with Crippen LogP contribution in [0.1, 0.15) is 51.5 Å². The Kier molecular flexibility index (Phi) is 11.6. The summed E-state index contributed by atoms with van der Waals surface area (Å²) in [6.07, 6.45) is 6.52. The van der Waals surface area contributed by atoms with Crippen LogP contribution < -0.4 is 30.1 Å². The first-order valence-corrected chi connectivity index (χ1v) is 22.1. The van der Waals surface area contributed by atoms with Crippen LogP contribution in [0, 0.1) is 22.9 Å². The standard InChI is InChI=1S/C44H51F3N10O5S/c1-5-53(3)63-51-35-9-7-32(45)40(39(35)47)62-29-6-8-34-30(16-29)42(60)57(25-48-34)28-21-44(61-22-28)11-14-55(15-12-44)27-19-43(20-27)23-56(24-43)37-18-36-31(17-33(37)46)41(50-54(36)4)52(2)13-10-38(59)49-26-58/h6-9,16-18,25-28,51H,5,10-15,19-24H2,1-4H3,(H,49,58,59). The van der Waals surface area contributed by atoms with Crippen LogP contribution in [0.25, 0.3) is 21.8 Å². The Morgan fingerprint density at radius 1 is 1.03 bits per heavy atom. The lowest BCUT2D eigenvalue weighted by Crippen LogP contribution is -2.67. The summed E-state index contributed by atoms with van der Waals surface area (Å²) in [5.41, 5.74) is 1.44. The number of carbonyl (C=O) groups excluding carboxylic acids is 2. The van der Waals surface area contributed by atoms with Gasteiger partial charge in [0.2, 0.25) is 18.1 Å². The van der Waals surface area contributed by atoms with E-state index in [9.17, 15) is 18.8 Å². The van der Waals surface area contributed by atoms with Gasteiger partial charge in [-0.1, -0.05) is 6.92 Å². The van der Waals surface area contributed by atoms with Crippen molar-refractivity contribution in [3.05, 3.63) is 76.6 Å². The molecule has 2 amide bonds. The summed E-state index contributed by atoms with van der Waals surface area (Å²) >= 11 is 1.18. The fraction of sp³-hybridized carbons (Fsp3) is 0.477. The van der Waals surface area contributed by atoms with E-state index in [4.69, 9.17) is 9.47 Å². The molecule has 5 heterocycles. The van der Waals surface area contributed by atoms with Gasteiger partial charge in [0, 0.05) is 88.8 Å². The number of aromatic nitrogens is 4. The number of carbonyl (C=O) groups is 2. The van der Waals surface area contributed by atoms with Crippen LogP contribution in [0.5, 0.6) is 11.5 Å². The van der Waals surface area contributed by atoms with Crippen LogP contribution in [0.2, 0.25) is 0 Å². The number of nitrogens with zero attached hydrogens (tertiary/aromatic N) is 8. The summed E-state index contributed by atoms with van der Waals surface area (Å²) in [6.45, 7) is 6.74. The summed E-state index contributed by atoms with van der Waals surface area (Å²) in [7, 11) is 5.45. The number of ether oxygens (including phenoxy) is 2. The number of halogens is 3. The van der Waals surface area contributed by atoms with Crippen molar-refractivity contribution < 1.29 is 32.2 Å². The van der Waals surface area contributed by atoms with Gasteiger partial charge in [0.25, 0.3) is 5.56 Å². The zero-order chi connectivity index (χ0) is 44.2. The Hall–Kier alpha value is -5.37. The second-order valence-electron chi connectivity index (χ2n) is 17.5. The van der Waals surface area contributed by atoms with Crippen LogP contribution in [0.4, 0.5) is 30.4 Å². The van der Waals surface area contributed by atoms with Gasteiger partial charge in [0.15, 0.2) is 17.5 Å². The Morgan fingerprint density at radius 3 is 2.56 bits per heavy atom. The Labute approximate surface area is 366 Å². The van der Waals surface area contributed by atoms with Crippen molar-refractivity contribution in [3.63, 3.8) is 0 Å². The first kappa shape index (κ1) is 42.9. The molecular weight excluding hydrogens is 838 g/mol. The third kappa shape index (κ3) is 8.19. The highest BCUT2D eigenvalue weighted by Crippen LogP contribution is 2.53. The molecule has 1 saturated carbocycles. The average molecular weight is 889 g/mol. The van der Waals surface area contributed by atoms with Crippen molar-refractivity contribution in [2.24, 2.45) is 12.5 Å². The topological polar surface area (TPSA) is 142 Å². The molecule has 15 nitrogen and oxygen atoms in total. The molecule has 4 aliphatic rings. The number of benzene rings is 3. The predicted molar refractivity (Wildman–Crippen MR) is 236 cm³/mol. The first-order chi connectivity index (χ1) is 30.3. The lowest BCUT2D eigenvalue weighted by atomic mass is 9.59. The predicted octanol–water partition coefficient (Wildman–Crippen LogP) is 5.98. The molecule has 4 fully saturated rings. The minimum Gasteiger partial charge on any atom is -0.451 e. The second-order valence-corrected chi connectivity index (χ2v) is 18.6. The van der Waals surface area contributed by atoms with Crippen molar-refractivity contribution in [1.29, 1.82) is 0 Å². The Bertz CT molecular complexity index is 2620. The summed E-state index contributed by atoms with van der Waals surface area (Å²) in [4.78, 5) is 47.3. The van der Waals surface area contributed by atoms with Crippen LogP contribution in [-0.4, -0.2) is 112 Å². The van der Waals surface area contributed by atoms with Gasteiger partial charge in [-0.05, 0) is 81.6 Å². The monoisotopic (exact) mass is 888 g/mol. The highest BCUT2D eigenvalue weighted by molar-refractivity contribution is 7.98. The molecule has 0 radical (unpaired) electrons. The maximum atomic E-state index is 15.7. The van der Waals surface area contributed by atoms with Gasteiger partial charge in [-0.2, -0.15) is 5.10 Å². The Balaban J connectivity index is 0.788. The largest absolute Gasteiger partial charge is 0.451 e. The van der Waals surface area contributed by atoms with E-state index in [1.54, 1.807) is 33.6 Å². The zero-order valence-electron chi connectivity index (χ0n) is 35.7. The molecule has 9 rings (SSSR count). The summed E-state index contributed by atoms with van der Waals surface area (Å²) < 4.78 is 66.1. The molecule has 1 atom stereocenters. The van der Waals surface area contributed by atoms with Gasteiger partial charge in [-0.25, -0.2) is 22.5 Å². The van der Waals surface area contributed by atoms with Gasteiger partial charge in [0.05, 0.1) is 52.4 Å². The first-order valence-electron chi connectivity index (χ1n) is 21.3. The van der Waals surface area contributed by atoms with Crippen LogP contribution in [0.15, 0.2) is 53.6 Å². The minimum atomic E-state index is -0.880. The van der Waals surface area contributed by atoms with Crippen LogP contribution >= 0.6 is 12.1 Å². The van der Waals surface area contributed by atoms with Crippen molar-refractivity contribution in [2.45, 2.75) is 63.1 Å². The highest BCUT2D eigenvalue weighted by Gasteiger charge is 2.55. The van der Waals surface area contributed by atoms with Gasteiger partial charge in [-0.3, -0.25) is 28.9 Å². The van der Waals surface area contributed by atoms with E-state index in [2.05, 4.69) is 29.9 Å². The molecule has 1 aliphatic carbocycles. The maximum Gasteiger partial charge on any atom is 0.261 e. The molecule has 2 N–H and O–H groups in total. The number of fused-ring (bicyclic) bond motifs is 2. The molecular formula is C44H51F3N10O5S. The molecule has 3 saturated heterocycles. The number of imide groups is 1. The number of amides is 2. The van der Waals surface area contributed by atoms with Gasteiger partial charge in [0.1, 0.15) is 11.6 Å². The van der Waals surface area contributed by atoms with Gasteiger partial charge in [-0.15, -0.1) is 0 Å². The number of piperidine rings is 1. The van der Waals surface area contributed by atoms with Gasteiger partial charge < -0.3 is 28.9 Å². The zero-order valence-corrected chi connectivity index (χ0v) is 36.5. The fourth-order valence-electron chi connectivity index (χ4n) is 9.77. The lowest BCUT2D eigenvalue weighted by Gasteiger charge is -2.62. The van der Waals surface area contributed by atoms with E-state index in [-0.39, 0.29) is 57.6 Å². The van der Waals surface area contributed by atoms with Crippen LogP contribution in [-0.2, 0) is 21.4 Å². The normalized spacial score (nSPS) is 19.5. The van der Waals surface area contributed by atoms with E-state index in [1.165, 1.54) is 36.4 Å². The molecule has 0 bridgehead atoms. The number of hydrogen-bond donors (Lipinski definition) is 2. The quantitative estimate of drug-likeness (QED) is 0.0999. The minimum absolute atomic E-state index is 0.0688. The maximum absolute atomic E-state index is 15.7. The molecule has 3 aliphatic heterocycles. The number of hydrogen-bond acceptors (Lipinski definition) is 13. The summed E-state index contributed by atoms with van der Waals surface area (Å²) in [5.74, 6) is -2.33. The highest BCUT2D eigenvalue weighted by atomic mass is 32.2. The van der Waals surface area contributed by atoms with E-state index in [0.717, 1.165) is 63.4 Å². The average Bonchev–Trinajstić information content (AvgIpc) is 3.80. The smallest absolute Gasteiger partial charge is 0.261 e. The van der Waals surface area contributed by atoms with E-state index >= 15 is 8.78 Å². The number of likely N-dealkylation sites (tertiary alicyclic amines) is 1. The molecule has 2 spiro atoms. The Morgan fingerprint density at radius 2 is 1.81 bits per heavy atom. The van der Waals surface area contributed by atoms with Crippen molar-refractivity contribution in [2.75, 3.05) is 74.5 Å².